The summed E-state index contributed by atoms with van der Waals surface area (Å²) in [5, 5.41) is 14.5. The standard InChI is InChI=1S/C50H35N3Se/c1-31-29-41-37-22-13-12-21-36(37)30-42(41)45(32(31)2)49-48-38(33-15-6-3-7-16-33)23-14-24-44(48)54-50(49)40-26-25-39(34-17-8-4-9-18-34)46(35-19-10-5-11-20-35)47(40)43-27-28-51-53-52-43/h3-29H,30H2,1-2H3. The van der Waals surface area contributed by atoms with Crippen LogP contribution in [-0.4, -0.2) is 29.9 Å². The zero-order valence-corrected chi connectivity index (χ0v) is 31.8. The molecule has 0 N–H and O–H groups in total. The van der Waals surface area contributed by atoms with Crippen molar-refractivity contribution in [3.05, 3.63) is 186 Å². The van der Waals surface area contributed by atoms with Crippen LogP contribution >= 0.6 is 0 Å². The first-order valence-electron chi connectivity index (χ1n) is 18.4. The predicted molar refractivity (Wildman–Crippen MR) is 225 cm³/mol. The Hall–Kier alpha value is -6.19. The first-order valence-corrected chi connectivity index (χ1v) is 20.1. The molecule has 9 aromatic rings. The molecule has 0 saturated carbocycles. The Kier molecular flexibility index (Phi) is 8.02. The quantitative estimate of drug-likeness (QED) is 0.159. The number of hydrogen-bond acceptors (Lipinski definition) is 3. The van der Waals surface area contributed by atoms with Gasteiger partial charge in [-0.3, -0.25) is 0 Å². The van der Waals surface area contributed by atoms with Gasteiger partial charge in [-0.2, -0.15) is 0 Å². The van der Waals surface area contributed by atoms with Crippen LogP contribution in [0.2, 0.25) is 0 Å². The Balaban J connectivity index is 1.38. The molecule has 256 valence electrons. The van der Waals surface area contributed by atoms with Crippen LogP contribution in [0.4, 0.5) is 0 Å². The van der Waals surface area contributed by atoms with Crippen molar-refractivity contribution >= 4 is 24.1 Å². The molecule has 3 nitrogen and oxygen atoms in total. The Labute approximate surface area is 321 Å². The van der Waals surface area contributed by atoms with Crippen LogP contribution in [0.3, 0.4) is 0 Å². The zero-order valence-electron chi connectivity index (χ0n) is 30.0. The van der Waals surface area contributed by atoms with Gasteiger partial charge in [0.1, 0.15) is 0 Å². The summed E-state index contributed by atoms with van der Waals surface area (Å²) in [4.78, 5) is 0. The third-order valence-corrected chi connectivity index (χ3v) is 13.5. The molecule has 0 spiro atoms. The molecule has 54 heavy (non-hydrogen) atoms. The van der Waals surface area contributed by atoms with Gasteiger partial charge in [0.2, 0.25) is 0 Å². The predicted octanol–water partition coefficient (Wildman–Crippen LogP) is 12.3. The number of aromatic nitrogens is 3. The molecule has 10 rings (SSSR count). The Morgan fingerprint density at radius 3 is 1.87 bits per heavy atom. The normalized spacial score (nSPS) is 11.8. The van der Waals surface area contributed by atoms with Crippen molar-refractivity contribution in [3.63, 3.8) is 0 Å². The fourth-order valence-electron chi connectivity index (χ4n) is 8.49. The van der Waals surface area contributed by atoms with Gasteiger partial charge in [0.05, 0.1) is 0 Å². The first kappa shape index (κ1) is 32.5. The van der Waals surface area contributed by atoms with Crippen molar-refractivity contribution in [3.8, 4) is 76.9 Å². The van der Waals surface area contributed by atoms with E-state index >= 15 is 0 Å². The minimum atomic E-state index is -0.0125. The van der Waals surface area contributed by atoms with E-state index in [2.05, 4.69) is 176 Å². The Bertz CT molecular complexity index is 2840. The summed E-state index contributed by atoms with van der Waals surface area (Å²) < 4.78 is 2.78. The van der Waals surface area contributed by atoms with Gasteiger partial charge < -0.3 is 0 Å². The van der Waals surface area contributed by atoms with Gasteiger partial charge in [-0.05, 0) is 0 Å². The van der Waals surface area contributed by atoms with Crippen LogP contribution in [0.5, 0.6) is 0 Å². The summed E-state index contributed by atoms with van der Waals surface area (Å²) in [6, 6.07) is 57.4. The second-order valence-electron chi connectivity index (χ2n) is 14.1. The maximum absolute atomic E-state index is 4.75. The van der Waals surface area contributed by atoms with Gasteiger partial charge in [-0.25, -0.2) is 0 Å². The van der Waals surface area contributed by atoms with Gasteiger partial charge in [-0.15, -0.1) is 0 Å². The van der Waals surface area contributed by atoms with E-state index in [9.17, 15) is 0 Å². The molecule has 1 aliphatic carbocycles. The third-order valence-electron chi connectivity index (χ3n) is 11.0. The van der Waals surface area contributed by atoms with E-state index in [4.69, 9.17) is 5.10 Å². The van der Waals surface area contributed by atoms with Crippen molar-refractivity contribution in [1.29, 1.82) is 0 Å². The fraction of sp³-hybridized carbons (Fsp3) is 0.0600. The van der Waals surface area contributed by atoms with E-state index in [1.165, 1.54) is 75.3 Å². The Morgan fingerprint density at radius 1 is 0.500 bits per heavy atom. The summed E-state index contributed by atoms with van der Waals surface area (Å²) in [7, 11) is 0. The van der Waals surface area contributed by atoms with E-state index in [1.54, 1.807) is 6.20 Å². The minimum absolute atomic E-state index is 0.0125. The average Bonchev–Trinajstić information content (AvgIpc) is 3.80. The average molecular weight is 757 g/mol. The molecule has 4 heteroatoms. The molecule has 1 aliphatic rings. The van der Waals surface area contributed by atoms with Crippen LogP contribution in [0.1, 0.15) is 22.3 Å². The van der Waals surface area contributed by atoms with Gasteiger partial charge >= 0.3 is 323 Å². The van der Waals surface area contributed by atoms with Gasteiger partial charge in [0.15, 0.2) is 0 Å². The molecule has 0 bridgehead atoms. The van der Waals surface area contributed by atoms with Crippen LogP contribution in [-0.2, 0) is 6.42 Å². The van der Waals surface area contributed by atoms with E-state index < -0.39 is 0 Å². The first-order chi connectivity index (χ1) is 26.7. The Morgan fingerprint density at radius 2 is 1.15 bits per heavy atom. The van der Waals surface area contributed by atoms with E-state index in [-0.39, 0.29) is 14.5 Å². The van der Waals surface area contributed by atoms with E-state index in [0.29, 0.717) is 0 Å². The molecule has 0 atom stereocenters. The third kappa shape index (κ3) is 5.29. The topological polar surface area (TPSA) is 38.7 Å². The van der Waals surface area contributed by atoms with Crippen molar-refractivity contribution in [2.24, 2.45) is 0 Å². The summed E-state index contributed by atoms with van der Waals surface area (Å²) >= 11 is -0.0125. The molecular formula is C50H35N3Se. The maximum atomic E-state index is 4.75. The molecule has 0 unspecified atom stereocenters. The molecule has 0 amide bonds. The van der Waals surface area contributed by atoms with Crippen molar-refractivity contribution < 1.29 is 0 Å². The molecule has 2 aromatic heterocycles. The SMILES string of the molecule is Cc1cc2c(c(-c3c(-c4ccc(-c5ccccc5)c(-c5ccccc5)c4-c4ccnnn4)[se]c4cccc(-c5ccccc5)c34)c1C)Cc1ccccc1-2. The number of fused-ring (bicyclic) bond motifs is 4. The van der Waals surface area contributed by atoms with Gasteiger partial charge in [0, 0.05) is 0 Å². The van der Waals surface area contributed by atoms with Crippen molar-refractivity contribution in [2.75, 3.05) is 0 Å². The number of rotatable bonds is 6. The van der Waals surface area contributed by atoms with E-state index in [0.717, 1.165) is 39.9 Å². The molecule has 7 aromatic carbocycles. The number of benzene rings is 7. The molecule has 0 aliphatic heterocycles. The summed E-state index contributed by atoms with van der Waals surface area (Å²) in [6.07, 6.45) is 2.68. The van der Waals surface area contributed by atoms with Crippen LogP contribution < -0.4 is 0 Å². The second kappa shape index (κ2) is 13.3. The van der Waals surface area contributed by atoms with Crippen LogP contribution in [0.25, 0.3) is 86.5 Å². The second-order valence-corrected chi connectivity index (χ2v) is 16.3. The molecule has 0 fully saturated rings. The number of nitrogens with zero attached hydrogens (tertiary/aromatic N) is 3. The monoisotopic (exact) mass is 757 g/mol. The van der Waals surface area contributed by atoms with Crippen molar-refractivity contribution in [2.45, 2.75) is 20.3 Å². The molecule has 0 radical (unpaired) electrons. The molecule has 0 saturated heterocycles. The fourth-order valence-corrected chi connectivity index (χ4v) is 11.1. The van der Waals surface area contributed by atoms with Crippen LogP contribution in [0.15, 0.2) is 164 Å². The summed E-state index contributed by atoms with van der Waals surface area (Å²) in [6.45, 7) is 4.61. The summed E-state index contributed by atoms with van der Waals surface area (Å²) in [5.74, 6) is 0. The molecular weight excluding hydrogens is 722 g/mol. The van der Waals surface area contributed by atoms with Crippen LogP contribution in [0, 0.1) is 13.8 Å². The number of aryl methyl sites for hydroxylation is 1. The van der Waals surface area contributed by atoms with Crippen molar-refractivity contribution in [1.82, 2.24) is 15.4 Å². The van der Waals surface area contributed by atoms with Gasteiger partial charge in [0.25, 0.3) is 0 Å². The van der Waals surface area contributed by atoms with E-state index in [1.807, 2.05) is 6.07 Å². The zero-order chi connectivity index (χ0) is 36.2. The number of hydrogen-bond donors (Lipinski definition) is 0. The molecule has 2 heterocycles. The summed E-state index contributed by atoms with van der Waals surface area (Å²) in [5.41, 5.74) is 21.2. The van der Waals surface area contributed by atoms with Gasteiger partial charge in [-0.1, -0.05) is 0 Å².